The normalized spacial score (nSPS) is 10.8. The number of halogens is 1. The number of aromatic nitrogens is 1. The van der Waals surface area contributed by atoms with Crippen molar-refractivity contribution in [2.24, 2.45) is 0 Å². The molecule has 1 heterocycles. The molecule has 2 aromatic rings. The maximum Gasteiger partial charge on any atom is 0.222 e. The largest absolute Gasteiger partial charge is 0.486 e. The third-order valence-corrected chi connectivity index (χ3v) is 4.48. The zero-order chi connectivity index (χ0) is 16.8. The first kappa shape index (κ1) is 17.8. The van der Waals surface area contributed by atoms with Crippen LogP contribution < -0.4 is 4.74 Å². The average molecular weight is 353 g/mol. The molecule has 0 radical (unpaired) electrons. The molecule has 0 saturated heterocycles. The minimum absolute atomic E-state index is 0.145. The quantitative estimate of drug-likeness (QED) is 0.735. The van der Waals surface area contributed by atoms with E-state index in [1.165, 1.54) is 0 Å². The van der Waals surface area contributed by atoms with Crippen molar-refractivity contribution in [1.82, 2.24) is 9.88 Å². The van der Waals surface area contributed by atoms with Gasteiger partial charge < -0.3 is 9.64 Å². The zero-order valence-corrected chi connectivity index (χ0v) is 15.2. The van der Waals surface area contributed by atoms with Crippen molar-refractivity contribution < 1.29 is 9.53 Å². The van der Waals surface area contributed by atoms with Crippen LogP contribution in [0.1, 0.15) is 37.9 Å². The van der Waals surface area contributed by atoms with Gasteiger partial charge in [-0.05, 0) is 38.1 Å². The van der Waals surface area contributed by atoms with E-state index in [-0.39, 0.29) is 11.9 Å². The Hall–Kier alpha value is -1.59. The van der Waals surface area contributed by atoms with Gasteiger partial charge in [0.25, 0.3) is 0 Å². The molecule has 1 aromatic heterocycles. The topological polar surface area (TPSA) is 42.4 Å². The molecule has 0 aliphatic heterocycles. The first-order valence-electron chi connectivity index (χ1n) is 7.60. The number of hydrogen-bond donors (Lipinski definition) is 0. The number of carbonyl (C=O) groups excluding carboxylic acids is 1. The van der Waals surface area contributed by atoms with Crippen molar-refractivity contribution in [3.8, 4) is 5.75 Å². The van der Waals surface area contributed by atoms with Crippen molar-refractivity contribution in [1.29, 1.82) is 0 Å². The maximum atomic E-state index is 12.0. The third-order valence-electron chi connectivity index (χ3n) is 3.35. The average Bonchev–Trinajstić information content (AvgIpc) is 2.99. The van der Waals surface area contributed by atoms with Crippen LogP contribution in [0.15, 0.2) is 29.6 Å². The first-order chi connectivity index (χ1) is 11.0. The molecule has 2 rings (SSSR count). The molecule has 0 aliphatic carbocycles. The van der Waals surface area contributed by atoms with Gasteiger partial charge in [-0.2, -0.15) is 0 Å². The van der Waals surface area contributed by atoms with Gasteiger partial charge in [-0.25, -0.2) is 4.98 Å². The summed E-state index contributed by atoms with van der Waals surface area (Å²) in [6.07, 6.45) is 0.509. The van der Waals surface area contributed by atoms with Crippen molar-refractivity contribution in [3.63, 3.8) is 0 Å². The van der Waals surface area contributed by atoms with E-state index in [2.05, 4.69) is 4.98 Å². The Morgan fingerprint density at radius 3 is 2.65 bits per heavy atom. The molecule has 0 fully saturated rings. The Balaban J connectivity index is 1.94. The van der Waals surface area contributed by atoms with Gasteiger partial charge in [-0.15, -0.1) is 11.3 Å². The summed E-state index contributed by atoms with van der Waals surface area (Å²) in [6.45, 7) is 6.87. The van der Waals surface area contributed by atoms with E-state index >= 15 is 0 Å². The predicted octanol–water partition coefficient (Wildman–Crippen LogP) is 4.52. The van der Waals surface area contributed by atoms with Gasteiger partial charge in [-0.1, -0.05) is 18.5 Å². The molecule has 0 N–H and O–H groups in total. The summed E-state index contributed by atoms with van der Waals surface area (Å²) in [5.41, 5.74) is 0.903. The molecule has 0 atom stereocenters. The fourth-order valence-electron chi connectivity index (χ4n) is 2.10. The van der Waals surface area contributed by atoms with Crippen LogP contribution in [0.5, 0.6) is 5.75 Å². The van der Waals surface area contributed by atoms with Gasteiger partial charge >= 0.3 is 0 Å². The second kappa shape index (κ2) is 8.31. The molecule has 0 spiro atoms. The Morgan fingerprint density at radius 1 is 1.35 bits per heavy atom. The van der Waals surface area contributed by atoms with Gasteiger partial charge in [0.2, 0.25) is 5.91 Å². The summed E-state index contributed by atoms with van der Waals surface area (Å²) in [5, 5.41) is 3.56. The van der Waals surface area contributed by atoms with E-state index in [0.29, 0.717) is 24.6 Å². The minimum Gasteiger partial charge on any atom is -0.486 e. The van der Waals surface area contributed by atoms with Crippen LogP contribution in [-0.2, 0) is 17.9 Å². The predicted molar refractivity (Wildman–Crippen MR) is 93.9 cm³/mol. The number of nitrogens with zero attached hydrogens (tertiary/aromatic N) is 2. The molecule has 0 aliphatic rings. The van der Waals surface area contributed by atoms with Crippen molar-refractivity contribution in [2.45, 2.75) is 46.4 Å². The Bertz CT molecular complexity index is 640. The number of rotatable bonds is 7. The highest BCUT2D eigenvalue weighted by atomic mass is 35.5. The van der Waals surface area contributed by atoms with Gasteiger partial charge in [0.1, 0.15) is 17.4 Å². The molecular weight excluding hydrogens is 332 g/mol. The fraction of sp³-hybridized carbons (Fsp3) is 0.412. The molecule has 0 bridgehead atoms. The lowest BCUT2D eigenvalue weighted by atomic mass is 10.2. The number of thiazole rings is 1. The lowest BCUT2D eigenvalue weighted by molar-refractivity contribution is -0.133. The zero-order valence-electron chi connectivity index (χ0n) is 13.6. The first-order valence-corrected chi connectivity index (χ1v) is 8.86. The third kappa shape index (κ3) is 5.22. The van der Waals surface area contributed by atoms with E-state index in [1.54, 1.807) is 23.5 Å². The molecule has 0 unspecified atom stereocenters. The molecule has 1 amide bonds. The molecule has 4 nitrogen and oxygen atoms in total. The van der Waals surface area contributed by atoms with Crippen LogP contribution in [0.25, 0.3) is 0 Å². The Kier molecular flexibility index (Phi) is 6.42. The highest BCUT2D eigenvalue weighted by Gasteiger charge is 2.17. The fourth-order valence-corrected chi connectivity index (χ4v) is 2.92. The summed E-state index contributed by atoms with van der Waals surface area (Å²) in [6, 6.07) is 7.41. The lowest BCUT2D eigenvalue weighted by Gasteiger charge is -2.25. The SMILES string of the molecule is CCC(=O)N(Cc1csc(COc2ccc(Cl)cc2)n1)C(C)C. The molecular formula is C17H21ClN2O2S. The smallest absolute Gasteiger partial charge is 0.222 e. The van der Waals surface area contributed by atoms with Gasteiger partial charge in [0.05, 0.1) is 12.2 Å². The summed E-state index contributed by atoms with van der Waals surface area (Å²) in [4.78, 5) is 18.4. The standard InChI is InChI=1S/C17H21ClN2O2S/c1-4-17(21)20(12(2)3)9-14-11-23-16(19-14)10-22-15-7-5-13(18)6-8-15/h5-8,11-12H,4,9-10H2,1-3H3. The van der Waals surface area contributed by atoms with E-state index in [9.17, 15) is 4.79 Å². The van der Waals surface area contributed by atoms with Crippen molar-refractivity contribution >= 4 is 28.8 Å². The van der Waals surface area contributed by atoms with E-state index < -0.39 is 0 Å². The number of hydrogen-bond acceptors (Lipinski definition) is 4. The number of ether oxygens (including phenoxy) is 1. The van der Waals surface area contributed by atoms with Crippen molar-refractivity contribution in [3.05, 3.63) is 45.4 Å². The highest BCUT2D eigenvalue weighted by molar-refractivity contribution is 7.09. The molecule has 23 heavy (non-hydrogen) atoms. The van der Waals surface area contributed by atoms with Gasteiger partial charge in [0.15, 0.2) is 0 Å². The van der Waals surface area contributed by atoms with Gasteiger partial charge in [-0.3, -0.25) is 4.79 Å². The Morgan fingerprint density at radius 2 is 2.04 bits per heavy atom. The van der Waals surface area contributed by atoms with Crippen molar-refractivity contribution in [2.75, 3.05) is 0 Å². The number of carbonyl (C=O) groups is 1. The van der Waals surface area contributed by atoms with E-state index in [0.717, 1.165) is 16.5 Å². The van der Waals surface area contributed by atoms with Crippen LogP contribution in [0.2, 0.25) is 5.02 Å². The van der Waals surface area contributed by atoms with Crippen LogP contribution >= 0.6 is 22.9 Å². The second-order valence-electron chi connectivity index (χ2n) is 5.44. The lowest BCUT2D eigenvalue weighted by Crippen LogP contribution is -2.35. The maximum absolute atomic E-state index is 12.0. The highest BCUT2D eigenvalue weighted by Crippen LogP contribution is 2.19. The number of amides is 1. The summed E-state index contributed by atoms with van der Waals surface area (Å²) in [5.74, 6) is 0.906. The molecule has 6 heteroatoms. The minimum atomic E-state index is 0.145. The van der Waals surface area contributed by atoms with E-state index in [1.807, 2.05) is 43.2 Å². The molecule has 0 saturated carbocycles. The monoisotopic (exact) mass is 352 g/mol. The van der Waals surface area contributed by atoms with Gasteiger partial charge in [0, 0.05) is 22.9 Å². The van der Waals surface area contributed by atoms with Crippen LogP contribution in [0, 0.1) is 0 Å². The number of benzene rings is 1. The van der Waals surface area contributed by atoms with Crippen LogP contribution in [0.3, 0.4) is 0 Å². The van der Waals surface area contributed by atoms with Crippen LogP contribution in [0.4, 0.5) is 0 Å². The summed E-state index contributed by atoms with van der Waals surface area (Å²) < 4.78 is 5.69. The van der Waals surface area contributed by atoms with E-state index in [4.69, 9.17) is 16.3 Å². The molecule has 124 valence electrons. The summed E-state index contributed by atoms with van der Waals surface area (Å²) >= 11 is 7.39. The second-order valence-corrected chi connectivity index (χ2v) is 6.82. The summed E-state index contributed by atoms with van der Waals surface area (Å²) in [7, 11) is 0. The Labute approximate surface area is 146 Å². The van der Waals surface area contributed by atoms with Crippen LogP contribution in [-0.4, -0.2) is 21.8 Å². The molecule has 1 aromatic carbocycles.